The van der Waals surface area contributed by atoms with E-state index in [-0.39, 0.29) is 88.7 Å². The van der Waals surface area contributed by atoms with Crippen LogP contribution in [-0.2, 0) is 55.5 Å². The molecule has 0 saturated carbocycles. The van der Waals surface area contributed by atoms with Crippen LogP contribution in [0.2, 0.25) is 14.4 Å². The van der Waals surface area contributed by atoms with Gasteiger partial charge in [-0.15, -0.1) is 11.3 Å². The third-order valence-electron chi connectivity index (χ3n) is 13.3. The van der Waals surface area contributed by atoms with Crippen LogP contribution in [0.3, 0.4) is 0 Å². The largest absolute Gasteiger partial charge is 0.508 e. The van der Waals surface area contributed by atoms with Gasteiger partial charge in [-0.25, -0.2) is 27.9 Å². The highest BCUT2D eigenvalue weighted by molar-refractivity contribution is 7.91. The van der Waals surface area contributed by atoms with Crippen LogP contribution >= 0.6 is 46.1 Å². The fraction of sp³-hybridized carbons (Fsp3) is 0.288. The van der Waals surface area contributed by atoms with Crippen LogP contribution in [-0.4, -0.2) is 131 Å². The molecule has 0 aliphatic carbocycles. The maximum atomic E-state index is 13.9. The second kappa shape index (κ2) is 24.4. The molecule has 0 bridgehead atoms. The highest BCUT2D eigenvalue weighted by Gasteiger charge is 2.54. The van der Waals surface area contributed by atoms with E-state index in [1.807, 2.05) is 0 Å². The molecule has 24 nitrogen and oxygen atoms in total. The minimum absolute atomic E-state index is 0.0351. The minimum Gasteiger partial charge on any atom is -0.508 e. The number of aliphatic carboxylic acids is 2. The predicted octanol–water partition coefficient (Wildman–Crippen LogP) is 3.91. The number of carboxylic acids is 2. The summed E-state index contributed by atoms with van der Waals surface area (Å²) in [4.78, 5) is 119. The van der Waals surface area contributed by atoms with Crippen LogP contribution in [0.4, 0.5) is 0 Å². The summed E-state index contributed by atoms with van der Waals surface area (Å²) in [5.41, 5.74) is -0.202. The monoisotopic (exact) mass is 1210 g/mol. The van der Waals surface area contributed by atoms with Crippen LogP contribution in [0.5, 0.6) is 23.0 Å². The number of sulfonamides is 1. The summed E-state index contributed by atoms with van der Waals surface area (Å²) in [5.74, 6) is -8.66. The number of fused-ring (bicyclic) bond motifs is 6. The first kappa shape index (κ1) is 59.1. The zero-order chi connectivity index (χ0) is 58.7. The Labute approximate surface area is 478 Å². The Morgan fingerprint density at radius 2 is 1.43 bits per heavy atom. The first-order valence-electron chi connectivity index (χ1n) is 24.5. The lowest BCUT2D eigenvalue weighted by Crippen LogP contribution is -2.48. The van der Waals surface area contributed by atoms with Crippen molar-refractivity contribution in [2.24, 2.45) is 5.14 Å². The number of thiophene rings is 1. The van der Waals surface area contributed by atoms with E-state index in [2.05, 4.69) is 26.6 Å². The SMILES string of the molecule is NS(=O)(=O)c1sc(Cl)cc1C(=O)N1C[C@H](NC(=O)Cc2ccc(Cl)cc2Cl)C[C@H]1C(=O)NCCC(=O)N[C@@H](CC(=O)N[C@@H](CCCCNC(=O)c1ccc2c(c1)C(=O)OC21c2ccc(O)cc2Oc2cc(O)ccc21)C(=O)O)C(=O)O. The molecule has 1 fully saturated rings. The Hall–Kier alpha value is -8.01. The van der Waals surface area contributed by atoms with Crippen LogP contribution in [0.25, 0.3) is 0 Å². The molecular weight excluding hydrogens is 1170 g/mol. The molecule has 0 unspecified atom stereocenters. The van der Waals surface area contributed by atoms with Crippen molar-refractivity contribution in [1.29, 1.82) is 0 Å². The van der Waals surface area contributed by atoms with E-state index in [0.717, 1.165) is 11.0 Å². The second-order valence-corrected chi connectivity index (χ2v) is 23.2. The van der Waals surface area contributed by atoms with E-state index >= 15 is 0 Å². The molecule has 1 spiro atoms. The number of likely N-dealkylation sites (tertiary alicyclic amines) is 1. The number of hydrogen-bond donors (Lipinski definition) is 10. The second-order valence-electron chi connectivity index (χ2n) is 18.9. The molecule has 4 atom stereocenters. The number of amides is 6. The smallest absolute Gasteiger partial charge is 0.340 e. The number of nitrogens with zero attached hydrogens (tertiary/aromatic N) is 1. The van der Waals surface area contributed by atoms with E-state index in [0.29, 0.717) is 38.6 Å². The first-order valence-corrected chi connectivity index (χ1v) is 28.0. The van der Waals surface area contributed by atoms with Crippen molar-refractivity contribution in [3.05, 3.63) is 132 Å². The zero-order valence-corrected chi connectivity index (χ0v) is 45.9. The van der Waals surface area contributed by atoms with E-state index in [1.54, 1.807) is 24.3 Å². The molecular formula is C52H48Cl3N7O17S2. The number of aromatic hydroxyl groups is 2. The average molecular weight is 1210 g/mol. The average Bonchev–Trinajstić information content (AvgIpc) is 2.07. The number of benzene rings is 4. The molecule has 6 amide bonds. The number of hydrogen-bond acceptors (Lipinski definition) is 16. The normalized spacial score (nSPS) is 16.3. The molecule has 5 aromatic rings. The number of carbonyl (C=O) groups is 9. The van der Waals surface area contributed by atoms with Gasteiger partial charge in [-0.2, -0.15) is 0 Å². The van der Waals surface area contributed by atoms with Crippen molar-refractivity contribution < 1.29 is 81.5 Å². The molecule has 8 rings (SSSR count). The molecule has 11 N–H and O–H groups in total. The molecule has 4 heterocycles. The van der Waals surface area contributed by atoms with Gasteiger partial charge >= 0.3 is 17.9 Å². The number of nitrogens with two attached hydrogens (primary N) is 1. The quantitative estimate of drug-likeness (QED) is 0.0368. The van der Waals surface area contributed by atoms with Gasteiger partial charge in [0.2, 0.25) is 33.7 Å². The van der Waals surface area contributed by atoms with Gasteiger partial charge in [0, 0.05) is 76.5 Å². The van der Waals surface area contributed by atoms with Crippen molar-refractivity contribution >= 4 is 110 Å². The first-order chi connectivity index (χ1) is 38.3. The Morgan fingerprint density at radius 1 is 0.778 bits per heavy atom. The number of carboxylic acid groups (broad SMARTS) is 2. The van der Waals surface area contributed by atoms with Gasteiger partial charge in [0.25, 0.3) is 11.8 Å². The van der Waals surface area contributed by atoms with Crippen LogP contribution in [0.1, 0.15) is 91.9 Å². The molecule has 29 heteroatoms. The van der Waals surface area contributed by atoms with Gasteiger partial charge in [-0.3, -0.25) is 28.8 Å². The van der Waals surface area contributed by atoms with Crippen molar-refractivity contribution in [2.45, 2.75) is 78.9 Å². The number of ether oxygens (including phenoxy) is 2. The van der Waals surface area contributed by atoms with Crippen LogP contribution in [0, 0.1) is 0 Å². The lowest BCUT2D eigenvalue weighted by atomic mass is 9.77. The topological polar surface area (TPSA) is 377 Å². The summed E-state index contributed by atoms with van der Waals surface area (Å²) in [6, 6.07) is 13.0. The van der Waals surface area contributed by atoms with Crippen molar-refractivity contribution in [2.75, 3.05) is 19.6 Å². The highest BCUT2D eigenvalue weighted by Crippen LogP contribution is 2.57. The fourth-order valence-corrected chi connectivity index (χ4v) is 12.3. The van der Waals surface area contributed by atoms with E-state index < -0.39 is 122 Å². The molecule has 1 aromatic heterocycles. The third kappa shape index (κ3) is 13.3. The molecule has 0 radical (unpaired) electrons. The summed E-state index contributed by atoms with van der Waals surface area (Å²) in [7, 11) is -4.46. The summed E-state index contributed by atoms with van der Waals surface area (Å²) in [6.45, 7) is -0.688. The molecule has 3 aliphatic rings. The number of unbranched alkanes of at least 4 members (excludes halogenated alkanes) is 1. The Balaban J connectivity index is 0.809. The number of primary sulfonamides is 1. The van der Waals surface area contributed by atoms with Crippen LogP contribution < -0.4 is 36.5 Å². The van der Waals surface area contributed by atoms with Crippen molar-refractivity contribution in [3.8, 4) is 23.0 Å². The van der Waals surface area contributed by atoms with Gasteiger partial charge in [0.1, 0.15) is 45.3 Å². The Bertz CT molecular complexity index is 3490. The summed E-state index contributed by atoms with van der Waals surface area (Å²) < 4.78 is 36.1. The number of carbonyl (C=O) groups excluding carboxylic acids is 7. The van der Waals surface area contributed by atoms with E-state index in [9.17, 15) is 72.0 Å². The van der Waals surface area contributed by atoms with Gasteiger partial charge < -0.3 is 61.4 Å². The number of halogens is 3. The van der Waals surface area contributed by atoms with Crippen LogP contribution in [0.15, 0.2) is 83.1 Å². The number of phenols is 2. The maximum Gasteiger partial charge on any atom is 0.340 e. The Morgan fingerprint density at radius 3 is 2.07 bits per heavy atom. The third-order valence-corrected chi connectivity index (χ3v) is 16.6. The lowest BCUT2D eigenvalue weighted by molar-refractivity contribution is -0.144. The lowest BCUT2D eigenvalue weighted by Gasteiger charge is -2.36. The number of nitrogens with one attached hydrogen (secondary N) is 5. The van der Waals surface area contributed by atoms with E-state index in [4.69, 9.17) is 49.4 Å². The number of rotatable bonds is 21. The zero-order valence-electron chi connectivity index (χ0n) is 42.0. The number of phenolic OH excluding ortho intramolecular Hbond substituents is 2. The van der Waals surface area contributed by atoms with Gasteiger partial charge in [-0.05, 0) is 85.8 Å². The molecule has 1 saturated heterocycles. The predicted molar refractivity (Wildman–Crippen MR) is 288 cm³/mol. The summed E-state index contributed by atoms with van der Waals surface area (Å²) >= 11 is 18.8. The standard InChI is InChI=1S/C52H48Cl3N7O17S2/c53-26-6-4-24(35(54)17-26)16-43(66)59-27-18-38(62(23-27)47(70)31-21-41(55)80-51(31)81(56,76)77)46(69)58-14-12-42(65)61-37(49(73)74)22-44(67)60-36(48(71)72)3-1-2-13-57-45(68)25-5-9-32-30(15-25)50(75)79-52(32)33-10-7-28(63)19-39(33)78-40-20-29(64)8-11-34(40)52/h4-11,15,17,19-21,27,36-38,63-64H,1-3,12-14,16,18,22-23H2,(H,57,68)(H,58,69)(H,59,66)(H,60,67)(H,61,65)(H,71,72)(H,73,74)(H2,56,76,77)/t27-,36+,37+,38+/m1/s1. The minimum atomic E-state index is -4.46. The number of esters is 1. The maximum absolute atomic E-state index is 13.9. The Kier molecular flexibility index (Phi) is 17.8. The van der Waals surface area contributed by atoms with Gasteiger partial charge in [0.15, 0.2) is 5.60 Å². The fourth-order valence-electron chi connectivity index (χ4n) is 9.59. The molecule has 81 heavy (non-hydrogen) atoms. The molecule has 426 valence electrons. The highest BCUT2D eigenvalue weighted by atomic mass is 35.5. The summed E-state index contributed by atoms with van der Waals surface area (Å²) in [6.07, 6.45) is -1.62. The molecule has 3 aliphatic heterocycles. The molecule has 4 aromatic carbocycles. The van der Waals surface area contributed by atoms with Gasteiger partial charge in [0.05, 0.1) is 28.3 Å². The summed E-state index contributed by atoms with van der Waals surface area (Å²) in [5, 5.41) is 58.3. The van der Waals surface area contributed by atoms with Crippen molar-refractivity contribution in [3.63, 3.8) is 0 Å². The van der Waals surface area contributed by atoms with Gasteiger partial charge in [-0.1, -0.05) is 46.9 Å². The van der Waals surface area contributed by atoms with E-state index in [1.165, 1.54) is 48.5 Å². The van der Waals surface area contributed by atoms with Crippen molar-refractivity contribution in [1.82, 2.24) is 31.5 Å².